The van der Waals surface area contributed by atoms with Gasteiger partial charge in [0.1, 0.15) is 0 Å². The molecule has 2 nitrogen and oxygen atoms in total. The van der Waals surface area contributed by atoms with E-state index in [1.165, 1.54) is 19.3 Å². The Bertz CT molecular complexity index is 97.1. The van der Waals surface area contributed by atoms with Gasteiger partial charge in [0.25, 0.3) is 0 Å². The minimum Gasteiger partial charge on any atom is -0.481 e. The van der Waals surface area contributed by atoms with Crippen LogP contribution in [0.3, 0.4) is 0 Å². The van der Waals surface area contributed by atoms with Crippen LogP contribution in [-0.4, -0.2) is 11.1 Å². The molecule has 0 bridgehead atoms. The van der Waals surface area contributed by atoms with Gasteiger partial charge in [0.15, 0.2) is 0 Å². The summed E-state index contributed by atoms with van der Waals surface area (Å²) < 4.78 is 0. The van der Waals surface area contributed by atoms with E-state index in [1.54, 1.807) is 0 Å². The Balaban J connectivity index is -0.000000405. The average Bonchev–Trinajstić information content (AvgIpc) is 1.87. The molecular formula is C8H16O2Zn2. The third-order valence-corrected chi connectivity index (χ3v) is 1.49. The molecule has 4 heteroatoms. The second kappa shape index (κ2) is 14.3. The fourth-order valence-electron chi connectivity index (χ4n) is 0.880. The first kappa shape index (κ1) is 18.5. The molecule has 0 saturated carbocycles. The van der Waals surface area contributed by atoms with Gasteiger partial charge in [-0.2, -0.15) is 0 Å². The Labute approximate surface area is 100 Å². The van der Waals surface area contributed by atoms with Crippen LogP contribution in [0.15, 0.2) is 0 Å². The molecule has 0 fully saturated rings. The number of hydrogen-bond donors (Lipinski definition) is 1. The largest absolute Gasteiger partial charge is 0.481 e. The molecule has 0 rings (SSSR count). The van der Waals surface area contributed by atoms with Crippen LogP contribution in [0, 0.1) is 0 Å². The zero-order valence-electron chi connectivity index (χ0n) is 8.01. The van der Waals surface area contributed by atoms with Gasteiger partial charge in [0.05, 0.1) is 0 Å². The van der Waals surface area contributed by atoms with E-state index in [1.807, 2.05) is 0 Å². The van der Waals surface area contributed by atoms with Gasteiger partial charge in [-0.15, -0.1) is 0 Å². The molecule has 0 aliphatic heterocycles. The number of carbonyl (C=O) groups is 1. The number of carboxylic acids is 1. The van der Waals surface area contributed by atoms with Crippen molar-refractivity contribution in [2.75, 3.05) is 0 Å². The Hall–Kier alpha value is 0.717. The van der Waals surface area contributed by atoms with Crippen LogP contribution in [0.2, 0.25) is 0 Å². The Morgan fingerprint density at radius 1 is 1.08 bits per heavy atom. The van der Waals surface area contributed by atoms with E-state index >= 15 is 0 Å². The number of rotatable bonds is 6. The van der Waals surface area contributed by atoms with Crippen LogP contribution in [0.4, 0.5) is 0 Å². The van der Waals surface area contributed by atoms with E-state index in [0.29, 0.717) is 6.42 Å². The predicted octanol–water partition coefficient (Wildman–Crippen LogP) is 2.43. The Kier molecular flexibility index (Phi) is 22.0. The minimum absolute atomic E-state index is 0. The van der Waals surface area contributed by atoms with Gasteiger partial charge in [-0.25, -0.2) is 0 Å². The van der Waals surface area contributed by atoms with Crippen molar-refractivity contribution >= 4 is 5.97 Å². The maximum Gasteiger partial charge on any atom is 0.303 e. The molecule has 0 amide bonds. The van der Waals surface area contributed by atoms with E-state index in [9.17, 15) is 4.79 Å². The van der Waals surface area contributed by atoms with Gasteiger partial charge in [-0.1, -0.05) is 32.6 Å². The van der Waals surface area contributed by atoms with Crippen molar-refractivity contribution in [2.24, 2.45) is 0 Å². The van der Waals surface area contributed by atoms with Crippen LogP contribution in [-0.2, 0) is 43.8 Å². The summed E-state index contributed by atoms with van der Waals surface area (Å²) in [5, 5.41) is 8.27. The predicted molar refractivity (Wildman–Crippen MR) is 41.0 cm³/mol. The van der Waals surface area contributed by atoms with Crippen molar-refractivity contribution in [1.82, 2.24) is 0 Å². The van der Waals surface area contributed by atoms with Crippen LogP contribution in [0.1, 0.15) is 45.4 Å². The van der Waals surface area contributed by atoms with Gasteiger partial charge < -0.3 is 5.11 Å². The number of hydrogen-bond acceptors (Lipinski definition) is 1. The van der Waals surface area contributed by atoms with Crippen LogP contribution in [0.25, 0.3) is 0 Å². The van der Waals surface area contributed by atoms with Gasteiger partial charge in [-0.05, 0) is 6.42 Å². The maximum atomic E-state index is 10.0. The van der Waals surface area contributed by atoms with Gasteiger partial charge in [0.2, 0.25) is 0 Å². The molecular weight excluding hydrogens is 259 g/mol. The Morgan fingerprint density at radius 3 is 2.00 bits per heavy atom. The second-order valence-corrected chi connectivity index (χ2v) is 2.56. The normalized spacial score (nSPS) is 8.08. The summed E-state index contributed by atoms with van der Waals surface area (Å²) in [4.78, 5) is 10.0. The van der Waals surface area contributed by atoms with E-state index in [2.05, 4.69) is 6.92 Å². The van der Waals surface area contributed by atoms with E-state index in [4.69, 9.17) is 5.11 Å². The zero-order chi connectivity index (χ0) is 7.82. The third-order valence-electron chi connectivity index (χ3n) is 1.49. The van der Waals surface area contributed by atoms with Crippen LogP contribution in [0.5, 0.6) is 0 Å². The summed E-state index contributed by atoms with van der Waals surface area (Å²) in [7, 11) is 0. The number of aliphatic carboxylic acids is 1. The summed E-state index contributed by atoms with van der Waals surface area (Å²) in [6, 6.07) is 0. The quantitative estimate of drug-likeness (QED) is 0.597. The maximum absolute atomic E-state index is 10.0. The molecule has 0 aromatic rings. The third kappa shape index (κ3) is 17.0. The number of unbranched alkanes of at least 4 members (excludes halogenated alkanes) is 4. The van der Waals surface area contributed by atoms with E-state index in [-0.39, 0.29) is 39.0 Å². The van der Waals surface area contributed by atoms with E-state index < -0.39 is 5.97 Å². The van der Waals surface area contributed by atoms with Crippen molar-refractivity contribution in [3.05, 3.63) is 0 Å². The number of carboxylic acid groups (broad SMARTS) is 1. The van der Waals surface area contributed by atoms with Gasteiger partial charge >= 0.3 is 5.97 Å². The standard InChI is InChI=1S/C8H16O2.2Zn/c1-2-3-4-5-6-7-8(9)10;;/h2-7H2,1H3,(H,9,10);;. The first-order valence-corrected chi connectivity index (χ1v) is 3.99. The molecule has 0 aromatic carbocycles. The van der Waals surface area contributed by atoms with Gasteiger partial charge in [0, 0.05) is 45.4 Å². The molecule has 0 saturated heterocycles. The summed E-state index contributed by atoms with van der Waals surface area (Å²) in [5.74, 6) is -0.670. The first-order chi connectivity index (χ1) is 4.77. The topological polar surface area (TPSA) is 37.3 Å². The molecule has 0 aliphatic rings. The monoisotopic (exact) mass is 272 g/mol. The van der Waals surface area contributed by atoms with Crippen molar-refractivity contribution in [1.29, 1.82) is 0 Å². The molecule has 12 heavy (non-hydrogen) atoms. The molecule has 0 aromatic heterocycles. The fraction of sp³-hybridized carbons (Fsp3) is 0.875. The fourth-order valence-corrected chi connectivity index (χ4v) is 0.880. The summed E-state index contributed by atoms with van der Waals surface area (Å²) >= 11 is 0. The summed E-state index contributed by atoms with van der Waals surface area (Å²) in [5.41, 5.74) is 0. The smallest absolute Gasteiger partial charge is 0.303 e. The van der Waals surface area contributed by atoms with Crippen molar-refractivity contribution in [3.8, 4) is 0 Å². The molecule has 0 heterocycles. The van der Waals surface area contributed by atoms with Crippen molar-refractivity contribution in [3.63, 3.8) is 0 Å². The second-order valence-electron chi connectivity index (χ2n) is 2.56. The van der Waals surface area contributed by atoms with Gasteiger partial charge in [-0.3, -0.25) is 4.79 Å². The molecule has 0 aliphatic carbocycles. The van der Waals surface area contributed by atoms with Crippen LogP contribution < -0.4 is 0 Å². The summed E-state index contributed by atoms with van der Waals surface area (Å²) in [6.45, 7) is 2.15. The molecule has 0 atom stereocenters. The van der Waals surface area contributed by atoms with Crippen LogP contribution >= 0.6 is 0 Å². The minimum atomic E-state index is -0.670. The molecule has 0 unspecified atom stereocenters. The molecule has 0 spiro atoms. The van der Waals surface area contributed by atoms with Crippen molar-refractivity contribution in [2.45, 2.75) is 45.4 Å². The SMILES string of the molecule is CCCCCCCC(=O)O.[Zn].[Zn]. The summed E-state index contributed by atoms with van der Waals surface area (Å²) in [6.07, 6.45) is 5.88. The zero-order valence-corrected chi connectivity index (χ0v) is 13.9. The average molecular weight is 275 g/mol. The molecule has 64 valence electrons. The van der Waals surface area contributed by atoms with E-state index in [0.717, 1.165) is 12.8 Å². The first-order valence-electron chi connectivity index (χ1n) is 3.99. The Morgan fingerprint density at radius 2 is 1.58 bits per heavy atom. The molecule has 0 radical (unpaired) electrons. The van der Waals surface area contributed by atoms with Crippen molar-refractivity contribution < 1.29 is 48.9 Å². The molecule has 1 N–H and O–H groups in total.